The number of nitrogens with two attached hydrogens (primary N) is 1. The maximum absolute atomic E-state index is 5.50. The lowest BCUT2D eigenvalue weighted by Gasteiger charge is -2.22. The van der Waals surface area contributed by atoms with Crippen LogP contribution in [0.1, 0.15) is 19.4 Å². The predicted molar refractivity (Wildman–Crippen MR) is 71.1 cm³/mol. The van der Waals surface area contributed by atoms with Gasteiger partial charge in [-0.2, -0.15) is 0 Å². The van der Waals surface area contributed by atoms with Gasteiger partial charge in [0.1, 0.15) is 5.69 Å². The van der Waals surface area contributed by atoms with Crippen LogP contribution in [0.15, 0.2) is 34.9 Å². The number of methoxy groups -OCH3 is 1. The second-order valence-corrected chi connectivity index (χ2v) is 4.95. The van der Waals surface area contributed by atoms with Gasteiger partial charge in [0.2, 0.25) is 5.88 Å². The van der Waals surface area contributed by atoms with Crippen molar-refractivity contribution < 1.29 is 9.26 Å². The quantitative estimate of drug-likeness (QED) is 0.901. The standard InChI is InChI=1S/C14H18N2O2/c1-14(2,17-3)9-10-4-6-11(7-5-10)12-8-13(15)18-16-12/h4-8H,9,15H2,1-3H3. The van der Waals surface area contributed by atoms with Crippen LogP contribution in [0, 0.1) is 0 Å². The fourth-order valence-corrected chi connectivity index (χ4v) is 1.78. The summed E-state index contributed by atoms with van der Waals surface area (Å²) < 4.78 is 10.3. The molecule has 0 spiro atoms. The molecule has 2 rings (SSSR count). The van der Waals surface area contributed by atoms with E-state index in [9.17, 15) is 0 Å². The van der Waals surface area contributed by atoms with Gasteiger partial charge < -0.3 is 15.0 Å². The van der Waals surface area contributed by atoms with Crippen LogP contribution in [0.5, 0.6) is 0 Å². The number of ether oxygens (including phenoxy) is 1. The van der Waals surface area contributed by atoms with Crippen LogP contribution in [-0.2, 0) is 11.2 Å². The lowest BCUT2D eigenvalue weighted by molar-refractivity contribution is 0.0232. The van der Waals surface area contributed by atoms with Crippen LogP contribution in [0.2, 0.25) is 0 Å². The van der Waals surface area contributed by atoms with E-state index >= 15 is 0 Å². The molecule has 18 heavy (non-hydrogen) atoms. The first-order valence-electron chi connectivity index (χ1n) is 5.87. The third-order valence-electron chi connectivity index (χ3n) is 2.96. The van der Waals surface area contributed by atoms with Crippen LogP contribution in [0.25, 0.3) is 11.3 Å². The Morgan fingerprint density at radius 2 is 1.94 bits per heavy atom. The molecule has 1 heterocycles. The SMILES string of the molecule is COC(C)(C)Cc1ccc(-c2cc(N)on2)cc1. The molecule has 0 saturated heterocycles. The average molecular weight is 246 g/mol. The third-order valence-corrected chi connectivity index (χ3v) is 2.96. The largest absolute Gasteiger partial charge is 0.378 e. The van der Waals surface area contributed by atoms with Gasteiger partial charge in [-0.15, -0.1) is 0 Å². The molecule has 0 saturated carbocycles. The molecule has 0 bridgehead atoms. The average Bonchev–Trinajstić information content (AvgIpc) is 2.76. The third kappa shape index (κ3) is 2.90. The minimum atomic E-state index is -0.153. The van der Waals surface area contributed by atoms with E-state index in [1.807, 2.05) is 12.1 Å². The highest BCUT2D eigenvalue weighted by Crippen LogP contribution is 2.22. The van der Waals surface area contributed by atoms with E-state index in [2.05, 4.69) is 31.1 Å². The maximum Gasteiger partial charge on any atom is 0.222 e. The van der Waals surface area contributed by atoms with Crippen molar-refractivity contribution in [2.24, 2.45) is 0 Å². The van der Waals surface area contributed by atoms with Gasteiger partial charge in [0.15, 0.2) is 0 Å². The fourth-order valence-electron chi connectivity index (χ4n) is 1.78. The zero-order valence-corrected chi connectivity index (χ0v) is 10.9. The van der Waals surface area contributed by atoms with Crippen molar-refractivity contribution in [1.82, 2.24) is 5.16 Å². The molecule has 0 aliphatic rings. The zero-order valence-electron chi connectivity index (χ0n) is 10.9. The van der Waals surface area contributed by atoms with E-state index in [0.717, 1.165) is 17.7 Å². The molecule has 0 unspecified atom stereocenters. The fraction of sp³-hybridized carbons (Fsp3) is 0.357. The molecular weight excluding hydrogens is 228 g/mol. The smallest absolute Gasteiger partial charge is 0.222 e. The molecule has 1 aromatic heterocycles. The number of rotatable bonds is 4. The topological polar surface area (TPSA) is 61.3 Å². The summed E-state index contributed by atoms with van der Waals surface area (Å²) in [6.45, 7) is 4.14. The highest BCUT2D eigenvalue weighted by atomic mass is 16.5. The van der Waals surface area contributed by atoms with Crippen molar-refractivity contribution in [2.75, 3.05) is 12.8 Å². The van der Waals surface area contributed by atoms with Gasteiger partial charge in [-0.05, 0) is 19.4 Å². The molecule has 1 aromatic carbocycles. The van der Waals surface area contributed by atoms with Gasteiger partial charge in [-0.3, -0.25) is 0 Å². The van der Waals surface area contributed by atoms with Gasteiger partial charge in [-0.25, -0.2) is 0 Å². The Hall–Kier alpha value is -1.81. The Morgan fingerprint density at radius 3 is 2.44 bits per heavy atom. The molecule has 2 N–H and O–H groups in total. The van der Waals surface area contributed by atoms with E-state index < -0.39 is 0 Å². The first-order chi connectivity index (χ1) is 8.50. The molecule has 2 aromatic rings. The molecule has 0 aliphatic carbocycles. The summed E-state index contributed by atoms with van der Waals surface area (Å²) in [6.07, 6.45) is 0.866. The van der Waals surface area contributed by atoms with Crippen LogP contribution in [0.4, 0.5) is 5.88 Å². The predicted octanol–water partition coefficient (Wildman–Crippen LogP) is 2.89. The Kier molecular flexibility index (Phi) is 3.39. The summed E-state index contributed by atoms with van der Waals surface area (Å²) in [6, 6.07) is 9.88. The van der Waals surface area contributed by atoms with E-state index in [0.29, 0.717) is 5.88 Å². The summed E-state index contributed by atoms with van der Waals surface area (Å²) in [4.78, 5) is 0. The second-order valence-electron chi connectivity index (χ2n) is 4.95. The van der Waals surface area contributed by atoms with Gasteiger partial charge in [-0.1, -0.05) is 29.4 Å². The number of aromatic nitrogens is 1. The van der Waals surface area contributed by atoms with Gasteiger partial charge in [0, 0.05) is 25.2 Å². The summed E-state index contributed by atoms with van der Waals surface area (Å²) in [5.41, 5.74) is 8.32. The number of hydrogen-bond acceptors (Lipinski definition) is 4. The molecule has 0 amide bonds. The zero-order chi connectivity index (χ0) is 13.2. The first-order valence-corrected chi connectivity index (χ1v) is 5.87. The minimum Gasteiger partial charge on any atom is -0.378 e. The van der Waals surface area contributed by atoms with Gasteiger partial charge >= 0.3 is 0 Å². The molecule has 0 aliphatic heterocycles. The molecular formula is C14H18N2O2. The maximum atomic E-state index is 5.50. The summed E-state index contributed by atoms with van der Waals surface area (Å²) in [5.74, 6) is 0.328. The molecule has 96 valence electrons. The highest BCUT2D eigenvalue weighted by Gasteiger charge is 2.16. The lowest BCUT2D eigenvalue weighted by Crippen LogP contribution is -2.25. The van der Waals surface area contributed by atoms with Crippen molar-refractivity contribution >= 4 is 5.88 Å². The van der Waals surface area contributed by atoms with E-state index in [1.165, 1.54) is 5.56 Å². The van der Waals surface area contributed by atoms with Crippen molar-refractivity contribution in [1.29, 1.82) is 0 Å². The Morgan fingerprint density at radius 1 is 1.28 bits per heavy atom. The van der Waals surface area contributed by atoms with Gasteiger partial charge in [0.25, 0.3) is 0 Å². The van der Waals surface area contributed by atoms with Crippen LogP contribution in [-0.4, -0.2) is 17.9 Å². The number of nitrogen functional groups attached to an aromatic ring is 1. The monoisotopic (exact) mass is 246 g/mol. The molecule has 4 nitrogen and oxygen atoms in total. The molecule has 0 radical (unpaired) electrons. The normalized spacial score (nSPS) is 11.7. The van der Waals surface area contributed by atoms with E-state index in [1.54, 1.807) is 13.2 Å². The molecule has 4 heteroatoms. The Bertz CT molecular complexity index is 515. The number of nitrogens with zero attached hydrogens (tertiary/aromatic N) is 1. The Labute approximate surface area is 107 Å². The molecule has 0 atom stereocenters. The summed E-state index contributed by atoms with van der Waals surface area (Å²) in [5, 5.41) is 3.88. The van der Waals surface area contributed by atoms with Crippen molar-refractivity contribution in [3.05, 3.63) is 35.9 Å². The van der Waals surface area contributed by atoms with Crippen LogP contribution in [0.3, 0.4) is 0 Å². The molecule has 0 fully saturated rings. The highest BCUT2D eigenvalue weighted by molar-refractivity contribution is 5.61. The summed E-state index contributed by atoms with van der Waals surface area (Å²) in [7, 11) is 1.73. The number of hydrogen-bond donors (Lipinski definition) is 1. The Balaban J connectivity index is 2.15. The second kappa shape index (κ2) is 4.82. The van der Waals surface area contributed by atoms with E-state index in [4.69, 9.17) is 15.0 Å². The van der Waals surface area contributed by atoms with Crippen molar-refractivity contribution in [2.45, 2.75) is 25.9 Å². The lowest BCUT2D eigenvalue weighted by atomic mass is 9.97. The van der Waals surface area contributed by atoms with E-state index in [-0.39, 0.29) is 5.60 Å². The first kappa shape index (κ1) is 12.6. The van der Waals surface area contributed by atoms with Gasteiger partial charge in [0.05, 0.1) is 5.60 Å². The number of benzene rings is 1. The van der Waals surface area contributed by atoms with Crippen LogP contribution >= 0.6 is 0 Å². The van der Waals surface area contributed by atoms with Crippen molar-refractivity contribution in [3.63, 3.8) is 0 Å². The number of anilines is 1. The minimum absolute atomic E-state index is 0.153. The van der Waals surface area contributed by atoms with Crippen LogP contribution < -0.4 is 5.73 Å². The van der Waals surface area contributed by atoms with Crippen molar-refractivity contribution in [3.8, 4) is 11.3 Å². The summed E-state index contributed by atoms with van der Waals surface area (Å²) >= 11 is 0.